The van der Waals surface area contributed by atoms with E-state index in [0.717, 1.165) is 29.8 Å². The molecule has 0 radical (unpaired) electrons. The number of phenols is 2. The Kier molecular flexibility index (Phi) is 3.81. The molecule has 22 heavy (non-hydrogen) atoms. The molecule has 1 heterocycles. The largest absolute Gasteiger partial charge is 0.504 e. The van der Waals surface area contributed by atoms with Crippen molar-refractivity contribution < 1.29 is 19.7 Å². The monoisotopic (exact) mass is 301 g/mol. The van der Waals surface area contributed by atoms with E-state index >= 15 is 0 Å². The van der Waals surface area contributed by atoms with Gasteiger partial charge in [0, 0.05) is 6.54 Å². The van der Waals surface area contributed by atoms with Crippen LogP contribution in [-0.2, 0) is 6.42 Å². The van der Waals surface area contributed by atoms with Gasteiger partial charge in [-0.3, -0.25) is 0 Å². The van der Waals surface area contributed by atoms with Crippen molar-refractivity contribution in [3.05, 3.63) is 47.0 Å². The zero-order valence-corrected chi connectivity index (χ0v) is 12.6. The lowest BCUT2D eigenvalue weighted by Crippen LogP contribution is -2.30. The molecule has 0 fully saturated rings. The van der Waals surface area contributed by atoms with Crippen molar-refractivity contribution >= 4 is 0 Å². The van der Waals surface area contributed by atoms with Gasteiger partial charge in [-0.05, 0) is 47.4 Å². The number of benzene rings is 2. The highest BCUT2D eigenvalue weighted by atomic mass is 16.5. The Hall–Kier alpha value is -2.40. The maximum atomic E-state index is 9.74. The number of fused-ring (bicyclic) bond motifs is 1. The zero-order chi connectivity index (χ0) is 15.7. The number of rotatable bonds is 3. The predicted octanol–water partition coefficient (Wildman–Crippen LogP) is 2.35. The van der Waals surface area contributed by atoms with Crippen molar-refractivity contribution in [2.24, 2.45) is 0 Å². The fourth-order valence-corrected chi connectivity index (χ4v) is 2.90. The maximum Gasteiger partial charge on any atom is 0.161 e. The molecule has 1 aliphatic heterocycles. The van der Waals surface area contributed by atoms with E-state index in [1.54, 1.807) is 26.4 Å². The van der Waals surface area contributed by atoms with Crippen LogP contribution in [0.25, 0.3) is 0 Å². The van der Waals surface area contributed by atoms with E-state index in [4.69, 9.17) is 9.47 Å². The Morgan fingerprint density at radius 3 is 2.41 bits per heavy atom. The predicted molar refractivity (Wildman–Crippen MR) is 82.9 cm³/mol. The molecule has 0 bridgehead atoms. The van der Waals surface area contributed by atoms with Gasteiger partial charge in [-0.15, -0.1) is 0 Å². The molecule has 1 atom stereocenters. The van der Waals surface area contributed by atoms with Crippen molar-refractivity contribution in [1.82, 2.24) is 5.32 Å². The highest BCUT2D eigenvalue weighted by molar-refractivity contribution is 5.53. The summed E-state index contributed by atoms with van der Waals surface area (Å²) < 4.78 is 10.7. The van der Waals surface area contributed by atoms with Crippen molar-refractivity contribution in [2.75, 3.05) is 20.8 Å². The molecule has 0 saturated carbocycles. The highest BCUT2D eigenvalue weighted by Crippen LogP contribution is 2.38. The topological polar surface area (TPSA) is 71.0 Å². The lowest BCUT2D eigenvalue weighted by Gasteiger charge is -2.28. The van der Waals surface area contributed by atoms with E-state index in [2.05, 4.69) is 5.32 Å². The van der Waals surface area contributed by atoms with Gasteiger partial charge in [0.15, 0.2) is 23.0 Å². The van der Waals surface area contributed by atoms with Gasteiger partial charge in [-0.2, -0.15) is 0 Å². The van der Waals surface area contributed by atoms with Gasteiger partial charge in [0.05, 0.1) is 20.3 Å². The van der Waals surface area contributed by atoms with Crippen LogP contribution in [0.5, 0.6) is 23.0 Å². The van der Waals surface area contributed by atoms with Gasteiger partial charge in [0.2, 0.25) is 0 Å². The Morgan fingerprint density at radius 2 is 1.73 bits per heavy atom. The first-order valence-corrected chi connectivity index (χ1v) is 7.14. The van der Waals surface area contributed by atoms with Crippen molar-refractivity contribution in [3.8, 4) is 23.0 Å². The Balaban J connectivity index is 2.08. The number of hydrogen-bond donors (Lipinski definition) is 3. The smallest absolute Gasteiger partial charge is 0.161 e. The molecule has 3 rings (SSSR count). The minimum absolute atomic E-state index is 0.0601. The zero-order valence-electron chi connectivity index (χ0n) is 12.6. The molecule has 0 aliphatic carbocycles. The summed E-state index contributed by atoms with van der Waals surface area (Å²) >= 11 is 0. The molecule has 0 saturated heterocycles. The van der Waals surface area contributed by atoms with Crippen LogP contribution in [0.1, 0.15) is 22.7 Å². The maximum absolute atomic E-state index is 9.74. The van der Waals surface area contributed by atoms with E-state index in [-0.39, 0.29) is 17.5 Å². The molecular weight excluding hydrogens is 282 g/mol. The van der Waals surface area contributed by atoms with Crippen LogP contribution >= 0.6 is 0 Å². The third kappa shape index (κ3) is 2.44. The summed E-state index contributed by atoms with van der Waals surface area (Å²) in [7, 11) is 3.24. The summed E-state index contributed by atoms with van der Waals surface area (Å²) in [5, 5.41) is 22.7. The van der Waals surface area contributed by atoms with Gasteiger partial charge < -0.3 is 25.0 Å². The minimum Gasteiger partial charge on any atom is -0.504 e. The highest BCUT2D eigenvalue weighted by Gasteiger charge is 2.24. The van der Waals surface area contributed by atoms with E-state index in [1.165, 1.54) is 11.6 Å². The van der Waals surface area contributed by atoms with E-state index in [0.29, 0.717) is 5.75 Å². The number of nitrogens with one attached hydrogen (secondary N) is 1. The lowest BCUT2D eigenvalue weighted by atomic mass is 9.89. The fourth-order valence-electron chi connectivity index (χ4n) is 2.90. The SMILES string of the molecule is COc1cc2c(cc1OC)C(c1ccc(O)c(O)c1)NCC2. The molecule has 116 valence electrons. The first-order chi connectivity index (χ1) is 10.6. The van der Waals surface area contributed by atoms with Gasteiger partial charge >= 0.3 is 0 Å². The minimum atomic E-state index is -0.119. The molecule has 0 aromatic heterocycles. The molecule has 5 nitrogen and oxygen atoms in total. The van der Waals surface area contributed by atoms with Crippen LogP contribution in [0, 0.1) is 0 Å². The number of methoxy groups -OCH3 is 2. The molecule has 2 aromatic rings. The summed E-state index contributed by atoms with van der Waals surface area (Å²) in [4.78, 5) is 0. The molecule has 0 amide bonds. The van der Waals surface area contributed by atoms with Crippen LogP contribution in [0.3, 0.4) is 0 Å². The third-order valence-electron chi connectivity index (χ3n) is 4.03. The molecule has 2 aromatic carbocycles. The first-order valence-electron chi connectivity index (χ1n) is 7.14. The number of phenolic OH excluding ortho intramolecular Hbond substituents is 2. The second-order valence-corrected chi connectivity index (χ2v) is 5.29. The van der Waals surface area contributed by atoms with E-state index in [1.807, 2.05) is 12.1 Å². The van der Waals surface area contributed by atoms with Crippen LogP contribution in [-0.4, -0.2) is 31.0 Å². The molecule has 1 aliphatic rings. The van der Waals surface area contributed by atoms with Crippen molar-refractivity contribution in [3.63, 3.8) is 0 Å². The lowest BCUT2D eigenvalue weighted by molar-refractivity contribution is 0.353. The van der Waals surface area contributed by atoms with Crippen LogP contribution in [0.2, 0.25) is 0 Å². The Labute approximate surface area is 129 Å². The van der Waals surface area contributed by atoms with Crippen LogP contribution in [0.4, 0.5) is 0 Å². The van der Waals surface area contributed by atoms with Crippen molar-refractivity contribution in [2.45, 2.75) is 12.5 Å². The van der Waals surface area contributed by atoms with Crippen LogP contribution in [0.15, 0.2) is 30.3 Å². The fraction of sp³-hybridized carbons (Fsp3) is 0.294. The quantitative estimate of drug-likeness (QED) is 0.759. The summed E-state index contributed by atoms with van der Waals surface area (Å²) in [5.41, 5.74) is 3.17. The third-order valence-corrected chi connectivity index (χ3v) is 4.03. The summed E-state index contributed by atoms with van der Waals surface area (Å²) in [5.74, 6) is 1.16. The molecule has 5 heteroatoms. The van der Waals surface area contributed by atoms with E-state index < -0.39 is 0 Å². The second kappa shape index (κ2) is 5.77. The average Bonchev–Trinajstić information content (AvgIpc) is 2.55. The van der Waals surface area contributed by atoms with Crippen molar-refractivity contribution in [1.29, 1.82) is 0 Å². The standard InChI is InChI=1S/C17H19NO4/c1-21-15-8-10-5-6-18-17(12(10)9-16(15)22-2)11-3-4-13(19)14(20)7-11/h3-4,7-9,17-20H,5-6H2,1-2H3. The first kappa shape index (κ1) is 14.5. The number of ether oxygens (including phenoxy) is 2. The summed E-state index contributed by atoms with van der Waals surface area (Å²) in [6, 6.07) is 8.80. The molecule has 0 spiro atoms. The second-order valence-electron chi connectivity index (χ2n) is 5.29. The normalized spacial score (nSPS) is 16.9. The average molecular weight is 301 g/mol. The Morgan fingerprint density at radius 1 is 1.00 bits per heavy atom. The molecular formula is C17H19NO4. The molecule has 3 N–H and O–H groups in total. The Bertz CT molecular complexity index is 699. The van der Waals surface area contributed by atoms with Gasteiger partial charge in [-0.25, -0.2) is 0 Å². The molecule has 1 unspecified atom stereocenters. The number of aromatic hydroxyl groups is 2. The van der Waals surface area contributed by atoms with Gasteiger partial charge in [-0.1, -0.05) is 6.07 Å². The summed E-state index contributed by atoms with van der Waals surface area (Å²) in [6.45, 7) is 0.828. The number of hydrogen-bond acceptors (Lipinski definition) is 5. The van der Waals surface area contributed by atoms with Gasteiger partial charge in [0.25, 0.3) is 0 Å². The summed E-state index contributed by atoms with van der Waals surface area (Å²) in [6.07, 6.45) is 0.899. The van der Waals surface area contributed by atoms with E-state index in [9.17, 15) is 10.2 Å². The van der Waals surface area contributed by atoms with Gasteiger partial charge in [0.1, 0.15) is 0 Å². The van der Waals surface area contributed by atoms with Crippen LogP contribution < -0.4 is 14.8 Å².